The summed E-state index contributed by atoms with van der Waals surface area (Å²) in [6.07, 6.45) is 0.586. The maximum absolute atomic E-state index is 10.2. The largest absolute Gasteiger partial charge is 0.481 e. The summed E-state index contributed by atoms with van der Waals surface area (Å²) < 4.78 is 0. The molecule has 0 saturated heterocycles. The summed E-state index contributed by atoms with van der Waals surface area (Å²) in [6, 6.07) is 6.56. The number of aryl methyl sites for hydroxylation is 1. The fourth-order valence-electron chi connectivity index (χ4n) is 0.975. The Morgan fingerprint density at radius 3 is 2.38 bits per heavy atom. The molecule has 13 heavy (non-hydrogen) atoms. The van der Waals surface area contributed by atoms with E-state index in [1.165, 1.54) is 0 Å². The van der Waals surface area contributed by atoms with Crippen LogP contribution >= 0.6 is 0 Å². The summed E-state index contributed by atoms with van der Waals surface area (Å²) in [5, 5.41) is 11.1. The fraction of sp³-hybridized carbons (Fsp3) is 0.222. The van der Waals surface area contributed by atoms with E-state index < -0.39 is 5.97 Å². The van der Waals surface area contributed by atoms with E-state index in [2.05, 4.69) is 5.18 Å². The predicted octanol–water partition coefficient (Wildman–Crippen LogP) is 2.10. The first-order chi connectivity index (χ1) is 6.22. The zero-order valence-corrected chi connectivity index (χ0v) is 6.93. The summed E-state index contributed by atoms with van der Waals surface area (Å²) in [7, 11) is 0. The minimum Gasteiger partial charge on any atom is -0.481 e. The highest BCUT2D eigenvalue weighted by molar-refractivity contribution is 5.67. The first-order valence-corrected chi connectivity index (χ1v) is 3.86. The molecule has 0 aromatic heterocycles. The molecular formula is C9H9NO3. The predicted molar refractivity (Wildman–Crippen MR) is 47.9 cm³/mol. The van der Waals surface area contributed by atoms with Crippen molar-refractivity contribution in [1.29, 1.82) is 0 Å². The fourth-order valence-corrected chi connectivity index (χ4v) is 0.975. The lowest BCUT2D eigenvalue weighted by Gasteiger charge is -1.97. The molecule has 0 bridgehead atoms. The van der Waals surface area contributed by atoms with Crippen molar-refractivity contribution >= 4 is 11.7 Å². The molecule has 0 fully saturated rings. The number of carbonyl (C=O) groups is 1. The van der Waals surface area contributed by atoms with Crippen molar-refractivity contribution in [3.05, 3.63) is 34.7 Å². The number of nitrogens with zero attached hydrogens (tertiary/aromatic N) is 1. The number of aliphatic carboxylic acids is 1. The Hall–Kier alpha value is -1.71. The highest BCUT2D eigenvalue weighted by atomic mass is 16.4. The van der Waals surface area contributed by atoms with Crippen LogP contribution in [-0.2, 0) is 11.2 Å². The monoisotopic (exact) mass is 179 g/mol. The van der Waals surface area contributed by atoms with Crippen LogP contribution in [0.5, 0.6) is 0 Å². The molecule has 68 valence electrons. The van der Waals surface area contributed by atoms with Crippen molar-refractivity contribution < 1.29 is 9.90 Å². The summed E-state index contributed by atoms with van der Waals surface area (Å²) in [5.41, 5.74) is 1.26. The molecule has 0 amide bonds. The van der Waals surface area contributed by atoms with E-state index in [-0.39, 0.29) is 6.42 Å². The Morgan fingerprint density at radius 1 is 1.31 bits per heavy atom. The Balaban J connectivity index is 2.59. The zero-order chi connectivity index (χ0) is 9.68. The van der Waals surface area contributed by atoms with Crippen molar-refractivity contribution in [3.8, 4) is 0 Å². The third-order valence-electron chi connectivity index (χ3n) is 1.67. The second-order valence-electron chi connectivity index (χ2n) is 2.65. The molecule has 0 unspecified atom stereocenters. The van der Waals surface area contributed by atoms with Crippen molar-refractivity contribution in [2.24, 2.45) is 5.18 Å². The summed E-state index contributed by atoms with van der Waals surface area (Å²) in [6.45, 7) is 0. The lowest BCUT2D eigenvalue weighted by molar-refractivity contribution is -0.136. The normalized spacial score (nSPS) is 9.54. The van der Waals surface area contributed by atoms with Gasteiger partial charge in [-0.25, -0.2) is 0 Å². The van der Waals surface area contributed by atoms with Crippen molar-refractivity contribution in [1.82, 2.24) is 0 Å². The lowest BCUT2D eigenvalue weighted by atomic mass is 10.1. The van der Waals surface area contributed by atoms with E-state index in [0.717, 1.165) is 5.56 Å². The SMILES string of the molecule is O=Nc1ccc(CCC(=O)O)cc1. The van der Waals surface area contributed by atoms with Gasteiger partial charge in [-0.15, -0.1) is 4.91 Å². The topological polar surface area (TPSA) is 66.7 Å². The van der Waals surface area contributed by atoms with Gasteiger partial charge in [-0.3, -0.25) is 4.79 Å². The van der Waals surface area contributed by atoms with E-state index in [1.54, 1.807) is 24.3 Å². The number of carboxylic acids is 1. The molecule has 1 N–H and O–H groups in total. The summed E-state index contributed by atoms with van der Waals surface area (Å²) in [4.78, 5) is 20.3. The quantitative estimate of drug-likeness (QED) is 0.719. The van der Waals surface area contributed by atoms with Gasteiger partial charge in [0.05, 0.1) is 0 Å². The molecule has 0 radical (unpaired) electrons. The van der Waals surface area contributed by atoms with Gasteiger partial charge in [0, 0.05) is 6.42 Å². The number of rotatable bonds is 4. The smallest absolute Gasteiger partial charge is 0.303 e. The van der Waals surface area contributed by atoms with Gasteiger partial charge in [0.25, 0.3) is 0 Å². The second-order valence-corrected chi connectivity index (χ2v) is 2.65. The Kier molecular flexibility index (Phi) is 3.14. The zero-order valence-electron chi connectivity index (χ0n) is 6.93. The maximum atomic E-state index is 10.2. The number of nitroso groups, excluding NO2 is 1. The van der Waals surface area contributed by atoms with Gasteiger partial charge in [-0.2, -0.15) is 0 Å². The van der Waals surface area contributed by atoms with Gasteiger partial charge < -0.3 is 5.11 Å². The minimum absolute atomic E-state index is 0.105. The molecule has 0 heterocycles. The minimum atomic E-state index is -0.822. The Bertz CT molecular complexity index is 305. The van der Waals surface area contributed by atoms with Gasteiger partial charge in [0.15, 0.2) is 0 Å². The molecule has 1 rings (SSSR count). The lowest BCUT2D eigenvalue weighted by Crippen LogP contribution is -1.96. The summed E-state index contributed by atoms with van der Waals surface area (Å²) in [5.74, 6) is -0.822. The highest BCUT2D eigenvalue weighted by Crippen LogP contribution is 2.13. The van der Waals surface area contributed by atoms with Crippen molar-refractivity contribution in [2.45, 2.75) is 12.8 Å². The third-order valence-corrected chi connectivity index (χ3v) is 1.67. The molecule has 0 aliphatic rings. The molecule has 0 atom stereocenters. The van der Waals surface area contributed by atoms with Crippen LogP contribution in [0.3, 0.4) is 0 Å². The van der Waals surface area contributed by atoms with Crippen LogP contribution in [0.25, 0.3) is 0 Å². The van der Waals surface area contributed by atoms with Crippen LogP contribution in [0.1, 0.15) is 12.0 Å². The van der Waals surface area contributed by atoms with E-state index in [9.17, 15) is 9.70 Å². The van der Waals surface area contributed by atoms with Gasteiger partial charge in [-0.05, 0) is 29.3 Å². The third kappa shape index (κ3) is 3.02. The molecular weight excluding hydrogens is 170 g/mol. The number of carboxylic acid groups (broad SMARTS) is 1. The molecule has 1 aromatic rings. The van der Waals surface area contributed by atoms with E-state index in [1.807, 2.05) is 0 Å². The Morgan fingerprint density at radius 2 is 1.92 bits per heavy atom. The van der Waals surface area contributed by atoms with E-state index in [0.29, 0.717) is 12.1 Å². The number of hydrogen-bond donors (Lipinski definition) is 1. The van der Waals surface area contributed by atoms with E-state index in [4.69, 9.17) is 5.11 Å². The van der Waals surface area contributed by atoms with Crippen molar-refractivity contribution in [3.63, 3.8) is 0 Å². The van der Waals surface area contributed by atoms with E-state index >= 15 is 0 Å². The number of hydrogen-bond acceptors (Lipinski definition) is 3. The van der Waals surface area contributed by atoms with Crippen LogP contribution in [0.4, 0.5) is 5.69 Å². The first kappa shape index (κ1) is 9.38. The van der Waals surface area contributed by atoms with Crippen molar-refractivity contribution in [2.75, 3.05) is 0 Å². The molecule has 4 heteroatoms. The maximum Gasteiger partial charge on any atom is 0.303 e. The average molecular weight is 179 g/mol. The average Bonchev–Trinajstić information content (AvgIpc) is 2.15. The van der Waals surface area contributed by atoms with Gasteiger partial charge in [0.2, 0.25) is 0 Å². The van der Waals surface area contributed by atoms with Crippen LogP contribution in [-0.4, -0.2) is 11.1 Å². The molecule has 0 aliphatic heterocycles. The van der Waals surface area contributed by atoms with Crippen LogP contribution in [0.15, 0.2) is 29.4 Å². The van der Waals surface area contributed by atoms with Crippen LogP contribution in [0.2, 0.25) is 0 Å². The van der Waals surface area contributed by atoms with Crippen LogP contribution < -0.4 is 0 Å². The number of benzene rings is 1. The van der Waals surface area contributed by atoms with Gasteiger partial charge in [-0.1, -0.05) is 12.1 Å². The molecule has 0 aliphatic carbocycles. The highest BCUT2D eigenvalue weighted by Gasteiger charge is 1.98. The standard InChI is InChI=1S/C9H9NO3/c11-9(12)6-3-7-1-4-8(10-13)5-2-7/h1-2,4-5H,3,6H2,(H,11,12). The first-order valence-electron chi connectivity index (χ1n) is 3.86. The Labute approximate surface area is 75.2 Å². The molecule has 1 aromatic carbocycles. The molecule has 0 saturated carbocycles. The molecule has 4 nitrogen and oxygen atoms in total. The van der Waals surface area contributed by atoms with Gasteiger partial charge >= 0.3 is 5.97 Å². The van der Waals surface area contributed by atoms with Crippen LogP contribution in [0, 0.1) is 4.91 Å². The molecule has 0 spiro atoms. The second kappa shape index (κ2) is 4.35. The summed E-state index contributed by atoms with van der Waals surface area (Å²) >= 11 is 0. The van der Waals surface area contributed by atoms with Gasteiger partial charge in [0.1, 0.15) is 5.69 Å².